The molecule has 1 aromatic heterocycles. The molecule has 0 amide bonds. The summed E-state index contributed by atoms with van der Waals surface area (Å²) in [5.41, 5.74) is 2.04. The van der Waals surface area contributed by atoms with E-state index >= 15 is 0 Å². The number of aliphatic carboxylic acids is 1. The Labute approximate surface area is 137 Å². The highest BCUT2D eigenvalue weighted by Gasteiger charge is 2.27. The summed E-state index contributed by atoms with van der Waals surface area (Å²) in [6.07, 6.45) is 5.36. The summed E-state index contributed by atoms with van der Waals surface area (Å²) in [4.78, 5) is 17.3. The van der Waals surface area contributed by atoms with Crippen molar-refractivity contribution < 1.29 is 15.0 Å². The smallest absolute Gasteiger partial charge is 0.303 e. The van der Waals surface area contributed by atoms with E-state index in [4.69, 9.17) is 10.1 Å². The summed E-state index contributed by atoms with van der Waals surface area (Å²) in [5.74, 6) is 0.168. The normalized spacial score (nSPS) is 16.5. The van der Waals surface area contributed by atoms with Crippen molar-refractivity contribution in [3.05, 3.63) is 36.0 Å². The molecule has 0 radical (unpaired) electrons. The van der Waals surface area contributed by atoms with Gasteiger partial charge in [0.05, 0.1) is 0 Å². The molecule has 0 fully saturated rings. The summed E-state index contributed by atoms with van der Waals surface area (Å²) >= 11 is 0. The summed E-state index contributed by atoms with van der Waals surface area (Å²) in [5, 5.41) is 19.4. The van der Waals surface area contributed by atoms with Gasteiger partial charge in [0.15, 0.2) is 0 Å². The number of aryl methyl sites for hydroxylation is 2. The number of hydrogen-bond donors (Lipinski definition) is 2. The summed E-state index contributed by atoms with van der Waals surface area (Å²) in [6.45, 7) is 6.55. The lowest BCUT2D eigenvalue weighted by molar-refractivity contribution is -0.137. The Morgan fingerprint density at radius 1 is 1.52 bits per heavy atom. The van der Waals surface area contributed by atoms with Crippen LogP contribution in [0.5, 0.6) is 0 Å². The van der Waals surface area contributed by atoms with Gasteiger partial charge in [0.2, 0.25) is 0 Å². The van der Waals surface area contributed by atoms with Gasteiger partial charge in [-0.05, 0) is 43.7 Å². The Bertz CT molecular complexity index is 559. The van der Waals surface area contributed by atoms with Crippen LogP contribution in [0.4, 0.5) is 5.82 Å². The lowest BCUT2D eigenvalue weighted by atomic mass is 10.00. The number of aromatic nitrogens is 1. The van der Waals surface area contributed by atoms with Gasteiger partial charge < -0.3 is 15.1 Å². The molecule has 1 aliphatic heterocycles. The van der Waals surface area contributed by atoms with E-state index in [0.717, 1.165) is 42.9 Å². The van der Waals surface area contributed by atoms with Crippen LogP contribution in [0, 0.1) is 5.92 Å². The Morgan fingerprint density at radius 3 is 3.00 bits per heavy atom. The third kappa shape index (κ3) is 4.55. The second-order valence-corrected chi connectivity index (χ2v) is 6.24. The fourth-order valence-corrected chi connectivity index (χ4v) is 3.02. The first-order valence-corrected chi connectivity index (χ1v) is 8.29. The molecule has 2 rings (SSSR count). The zero-order valence-corrected chi connectivity index (χ0v) is 13.7. The second-order valence-electron chi connectivity index (χ2n) is 6.24. The van der Waals surface area contributed by atoms with E-state index in [-0.39, 0.29) is 12.3 Å². The molecule has 0 aliphatic carbocycles. The number of carboxylic acid groups (broad SMARTS) is 1. The standard InChI is InChI=1S/C18H26N2O3/c1-3-6-13(2)18(23)20-12-5-7-14-10-11-15(19-17(14)20)8-4-9-16(21)22/h3,10-11,13,18,23H,1,4-9,12H2,2H3,(H,21,22). The number of carbonyl (C=O) groups is 1. The van der Waals surface area contributed by atoms with Crippen molar-refractivity contribution in [3.63, 3.8) is 0 Å². The maximum atomic E-state index is 10.6. The molecule has 1 aromatic rings. The van der Waals surface area contributed by atoms with Crippen LogP contribution >= 0.6 is 0 Å². The van der Waals surface area contributed by atoms with Crippen LogP contribution in [-0.2, 0) is 17.6 Å². The third-order valence-corrected chi connectivity index (χ3v) is 4.32. The molecular weight excluding hydrogens is 292 g/mol. The lowest BCUT2D eigenvalue weighted by Gasteiger charge is -2.36. The largest absolute Gasteiger partial charge is 0.481 e. The number of anilines is 1. The van der Waals surface area contributed by atoms with E-state index in [9.17, 15) is 9.90 Å². The topological polar surface area (TPSA) is 73.7 Å². The van der Waals surface area contributed by atoms with E-state index in [1.54, 1.807) is 0 Å². The zero-order chi connectivity index (χ0) is 16.8. The van der Waals surface area contributed by atoms with Crippen molar-refractivity contribution in [1.82, 2.24) is 4.98 Å². The number of fused-ring (bicyclic) bond motifs is 1. The maximum Gasteiger partial charge on any atom is 0.303 e. The Kier molecular flexibility index (Phi) is 6.16. The van der Waals surface area contributed by atoms with Crippen molar-refractivity contribution in [2.75, 3.05) is 11.4 Å². The van der Waals surface area contributed by atoms with Gasteiger partial charge in [-0.2, -0.15) is 0 Å². The average Bonchev–Trinajstić information content (AvgIpc) is 2.53. The van der Waals surface area contributed by atoms with Crippen LogP contribution in [0.25, 0.3) is 0 Å². The van der Waals surface area contributed by atoms with Crippen molar-refractivity contribution >= 4 is 11.8 Å². The molecule has 1 aliphatic rings. The van der Waals surface area contributed by atoms with Crippen LogP contribution in [-0.4, -0.2) is 33.9 Å². The van der Waals surface area contributed by atoms with Gasteiger partial charge in [0, 0.05) is 24.6 Å². The quantitative estimate of drug-likeness (QED) is 0.721. The summed E-state index contributed by atoms with van der Waals surface area (Å²) in [6, 6.07) is 4.04. The maximum absolute atomic E-state index is 10.6. The molecule has 0 saturated heterocycles. The molecular formula is C18H26N2O3. The Balaban J connectivity index is 2.14. The SMILES string of the molecule is C=CCC(C)C(O)N1CCCc2ccc(CCCC(=O)O)nc21. The van der Waals surface area contributed by atoms with Crippen LogP contribution in [0.15, 0.2) is 24.8 Å². The molecule has 0 aromatic carbocycles. The summed E-state index contributed by atoms with van der Waals surface area (Å²) in [7, 11) is 0. The van der Waals surface area contributed by atoms with Gasteiger partial charge in [-0.3, -0.25) is 4.79 Å². The molecule has 2 atom stereocenters. The highest BCUT2D eigenvalue weighted by atomic mass is 16.4. The van der Waals surface area contributed by atoms with E-state index in [1.165, 1.54) is 0 Å². The first kappa shape index (κ1) is 17.5. The number of allylic oxidation sites excluding steroid dienone is 1. The molecule has 2 N–H and O–H groups in total. The van der Waals surface area contributed by atoms with Crippen LogP contribution < -0.4 is 4.90 Å². The van der Waals surface area contributed by atoms with Gasteiger partial charge in [-0.15, -0.1) is 6.58 Å². The first-order valence-electron chi connectivity index (χ1n) is 8.29. The average molecular weight is 318 g/mol. The molecule has 5 heteroatoms. The number of pyridine rings is 1. The predicted molar refractivity (Wildman–Crippen MR) is 90.5 cm³/mol. The minimum absolute atomic E-state index is 0.0934. The Morgan fingerprint density at radius 2 is 2.30 bits per heavy atom. The number of nitrogens with zero attached hydrogens (tertiary/aromatic N) is 2. The van der Waals surface area contributed by atoms with Crippen molar-refractivity contribution in [2.24, 2.45) is 5.92 Å². The predicted octanol–water partition coefficient (Wildman–Crippen LogP) is 2.77. The zero-order valence-electron chi connectivity index (χ0n) is 13.7. The van der Waals surface area contributed by atoms with E-state index in [2.05, 4.69) is 12.6 Å². The second kappa shape index (κ2) is 8.11. The highest BCUT2D eigenvalue weighted by molar-refractivity contribution is 5.66. The molecule has 2 heterocycles. The minimum atomic E-state index is -0.779. The lowest BCUT2D eigenvalue weighted by Crippen LogP contribution is -2.43. The number of aliphatic hydroxyl groups is 1. The molecule has 5 nitrogen and oxygen atoms in total. The van der Waals surface area contributed by atoms with Crippen LogP contribution in [0.1, 0.15) is 43.9 Å². The van der Waals surface area contributed by atoms with Crippen LogP contribution in [0.3, 0.4) is 0 Å². The van der Waals surface area contributed by atoms with Gasteiger partial charge in [0.1, 0.15) is 12.0 Å². The van der Waals surface area contributed by atoms with E-state index in [0.29, 0.717) is 12.8 Å². The third-order valence-electron chi connectivity index (χ3n) is 4.32. The van der Waals surface area contributed by atoms with E-state index < -0.39 is 12.2 Å². The highest BCUT2D eigenvalue weighted by Crippen LogP contribution is 2.29. The molecule has 0 bridgehead atoms. The molecule has 0 saturated carbocycles. The number of rotatable bonds is 8. The number of carboxylic acids is 1. The van der Waals surface area contributed by atoms with Gasteiger partial charge >= 0.3 is 5.97 Å². The fourth-order valence-electron chi connectivity index (χ4n) is 3.02. The molecule has 23 heavy (non-hydrogen) atoms. The molecule has 2 unspecified atom stereocenters. The van der Waals surface area contributed by atoms with Crippen molar-refractivity contribution in [3.8, 4) is 0 Å². The van der Waals surface area contributed by atoms with Gasteiger partial charge in [0.25, 0.3) is 0 Å². The first-order chi connectivity index (χ1) is 11.0. The van der Waals surface area contributed by atoms with Gasteiger partial charge in [-0.1, -0.05) is 19.1 Å². The summed E-state index contributed by atoms with van der Waals surface area (Å²) < 4.78 is 0. The Hall–Kier alpha value is -1.88. The van der Waals surface area contributed by atoms with Crippen molar-refractivity contribution in [2.45, 2.75) is 51.7 Å². The monoisotopic (exact) mass is 318 g/mol. The number of hydrogen-bond acceptors (Lipinski definition) is 4. The van der Waals surface area contributed by atoms with Crippen molar-refractivity contribution in [1.29, 1.82) is 0 Å². The van der Waals surface area contributed by atoms with E-state index in [1.807, 2.05) is 24.0 Å². The molecule has 0 spiro atoms. The number of aliphatic hydroxyl groups excluding tert-OH is 1. The van der Waals surface area contributed by atoms with Crippen LogP contribution in [0.2, 0.25) is 0 Å². The minimum Gasteiger partial charge on any atom is -0.481 e. The fraction of sp³-hybridized carbons (Fsp3) is 0.556. The molecule has 126 valence electrons. The van der Waals surface area contributed by atoms with Gasteiger partial charge in [-0.25, -0.2) is 4.98 Å².